The molecule has 0 fully saturated rings. The normalized spacial score (nSPS) is 13.4. The van der Waals surface area contributed by atoms with Crippen molar-refractivity contribution in [2.75, 3.05) is 5.33 Å². The number of primary sulfonamides is 1. The van der Waals surface area contributed by atoms with E-state index in [1.807, 2.05) is 0 Å². The van der Waals surface area contributed by atoms with E-state index in [1.54, 1.807) is 30.3 Å². The van der Waals surface area contributed by atoms with E-state index < -0.39 is 21.1 Å². The van der Waals surface area contributed by atoms with Crippen molar-refractivity contribution in [1.82, 2.24) is 0 Å². The van der Waals surface area contributed by atoms with E-state index in [2.05, 4.69) is 15.9 Å². The highest BCUT2D eigenvalue weighted by Gasteiger charge is 2.29. The molecule has 0 aliphatic rings. The molecule has 1 unspecified atom stereocenters. The van der Waals surface area contributed by atoms with Crippen LogP contribution in [0.15, 0.2) is 30.3 Å². The third-order valence-corrected chi connectivity index (χ3v) is 3.82. The van der Waals surface area contributed by atoms with Gasteiger partial charge in [-0.1, -0.05) is 46.3 Å². The number of halogens is 1. The maximum absolute atomic E-state index is 11.9. The number of sulfonamides is 1. The highest BCUT2D eigenvalue weighted by atomic mass is 79.9. The molecule has 1 aromatic rings. The summed E-state index contributed by atoms with van der Waals surface area (Å²) in [6.07, 6.45) is 0.173. The second-order valence-electron chi connectivity index (χ2n) is 3.29. The lowest BCUT2D eigenvalue weighted by Gasteiger charge is -2.11. The zero-order chi connectivity index (χ0) is 12.2. The molecule has 88 valence electrons. The molecule has 0 amide bonds. The molecule has 0 aromatic heterocycles. The van der Waals surface area contributed by atoms with Crippen LogP contribution in [0.3, 0.4) is 0 Å². The summed E-state index contributed by atoms with van der Waals surface area (Å²) in [7, 11) is -3.85. The standard InChI is InChI=1S/C10H12BrNO3S/c11-7-6-9(16(12,14)15)10(13)8-4-2-1-3-5-8/h1-5,9H,6-7H2,(H2,12,14,15). The first kappa shape index (κ1) is 13.3. The minimum Gasteiger partial charge on any atom is -0.293 e. The van der Waals surface area contributed by atoms with Crippen molar-refractivity contribution in [2.24, 2.45) is 5.14 Å². The van der Waals surface area contributed by atoms with Crippen molar-refractivity contribution in [1.29, 1.82) is 0 Å². The summed E-state index contributed by atoms with van der Waals surface area (Å²) >= 11 is 3.11. The van der Waals surface area contributed by atoms with Crippen molar-refractivity contribution in [2.45, 2.75) is 11.7 Å². The second-order valence-corrected chi connectivity index (χ2v) is 5.83. The summed E-state index contributed by atoms with van der Waals surface area (Å²) in [6, 6.07) is 8.28. The smallest absolute Gasteiger partial charge is 0.219 e. The lowest BCUT2D eigenvalue weighted by Crippen LogP contribution is -2.36. The fraction of sp³-hybridized carbons (Fsp3) is 0.300. The van der Waals surface area contributed by atoms with E-state index >= 15 is 0 Å². The molecule has 0 saturated heterocycles. The van der Waals surface area contributed by atoms with Crippen LogP contribution < -0.4 is 5.14 Å². The lowest BCUT2D eigenvalue weighted by atomic mass is 10.1. The summed E-state index contributed by atoms with van der Waals surface area (Å²) in [4.78, 5) is 11.9. The summed E-state index contributed by atoms with van der Waals surface area (Å²) in [5, 5.41) is 4.27. The molecule has 0 heterocycles. The Morgan fingerprint density at radius 3 is 2.31 bits per heavy atom. The molecule has 1 aromatic carbocycles. The van der Waals surface area contributed by atoms with Crippen molar-refractivity contribution in [3.63, 3.8) is 0 Å². The Morgan fingerprint density at radius 1 is 1.31 bits per heavy atom. The Hall–Kier alpha value is -0.720. The van der Waals surface area contributed by atoms with Gasteiger partial charge in [-0.3, -0.25) is 4.79 Å². The molecule has 4 nitrogen and oxygen atoms in total. The third-order valence-electron chi connectivity index (χ3n) is 2.12. The summed E-state index contributed by atoms with van der Waals surface area (Å²) < 4.78 is 22.5. The van der Waals surface area contributed by atoms with Crippen molar-refractivity contribution in [3.05, 3.63) is 35.9 Å². The molecule has 0 radical (unpaired) electrons. The first-order valence-electron chi connectivity index (χ1n) is 4.63. The van der Waals surface area contributed by atoms with E-state index in [0.717, 1.165) is 0 Å². The quantitative estimate of drug-likeness (QED) is 0.658. The van der Waals surface area contributed by atoms with Gasteiger partial charge >= 0.3 is 0 Å². The van der Waals surface area contributed by atoms with Crippen LogP contribution >= 0.6 is 15.9 Å². The molecule has 0 aliphatic carbocycles. The average Bonchev–Trinajstić information content (AvgIpc) is 2.25. The Balaban J connectivity index is 3.02. The minimum absolute atomic E-state index is 0.173. The van der Waals surface area contributed by atoms with Gasteiger partial charge in [0.25, 0.3) is 0 Å². The number of hydrogen-bond donors (Lipinski definition) is 1. The maximum Gasteiger partial charge on any atom is 0.219 e. The highest BCUT2D eigenvalue weighted by molar-refractivity contribution is 9.09. The van der Waals surface area contributed by atoms with Gasteiger partial charge in [0.1, 0.15) is 5.25 Å². The molecule has 1 rings (SSSR count). The van der Waals surface area contributed by atoms with Crippen LogP contribution in [0.25, 0.3) is 0 Å². The zero-order valence-electron chi connectivity index (χ0n) is 8.47. The van der Waals surface area contributed by atoms with E-state index in [-0.39, 0.29) is 6.42 Å². The second kappa shape index (κ2) is 5.56. The fourth-order valence-corrected chi connectivity index (χ4v) is 2.97. The third kappa shape index (κ3) is 3.40. The minimum atomic E-state index is -3.85. The molecular weight excluding hydrogens is 294 g/mol. The molecule has 0 saturated carbocycles. The molecule has 0 aliphatic heterocycles. The number of benzene rings is 1. The van der Waals surface area contributed by atoms with Crippen LogP contribution in [0.5, 0.6) is 0 Å². The van der Waals surface area contributed by atoms with Crippen LogP contribution in [0.2, 0.25) is 0 Å². The monoisotopic (exact) mass is 305 g/mol. The van der Waals surface area contributed by atoms with Crippen molar-refractivity contribution < 1.29 is 13.2 Å². The van der Waals surface area contributed by atoms with Crippen LogP contribution in [0, 0.1) is 0 Å². The molecular formula is C10H12BrNO3S. The zero-order valence-corrected chi connectivity index (χ0v) is 10.9. The summed E-state index contributed by atoms with van der Waals surface area (Å²) in [5.74, 6) is -0.456. The Labute approximate surface area is 103 Å². The lowest BCUT2D eigenvalue weighted by molar-refractivity contribution is 0.0986. The van der Waals surface area contributed by atoms with Gasteiger partial charge in [0.15, 0.2) is 5.78 Å². The van der Waals surface area contributed by atoms with Crippen molar-refractivity contribution in [3.8, 4) is 0 Å². The topological polar surface area (TPSA) is 77.2 Å². The van der Waals surface area contributed by atoms with Crippen molar-refractivity contribution >= 4 is 31.7 Å². The van der Waals surface area contributed by atoms with Crippen LogP contribution in [0.1, 0.15) is 16.8 Å². The summed E-state index contributed by atoms with van der Waals surface area (Å²) in [5.41, 5.74) is 0.363. The first-order valence-corrected chi connectivity index (χ1v) is 7.36. The molecule has 2 N–H and O–H groups in total. The average molecular weight is 306 g/mol. The van der Waals surface area contributed by atoms with Gasteiger partial charge in [-0.25, -0.2) is 13.6 Å². The molecule has 0 spiro atoms. The largest absolute Gasteiger partial charge is 0.293 e. The number of carbonyl (C=O) groups excluding carboxylic acids is 1. The number of rotatable bonds is 5. The first-order chi connectivity index (χ1) is 7.46. The Bertz CT molecular complexity index is 458. The van der Waals surface area contributed by atoms with E-state index in [0.29, 0.717) is 10.9 Å². The molecule has 6 heteroatoms. The molecule has 0 bridgehead atoms. The van der Waals surface area contributed by atoms with E-state index in [4.69, 9.17) is 5.14 Å². The number of Topliss-reactive ketones (excluding diaryl/α,β-unsaturated/α-hetero) is 1. The van der Waals surface area contributed by atoms with Crippen LogP contribution in [-0.4, -0.2) is 24.8 Å². The SMILES string of the molecule is NS(=O)(=O)C(CCBr)C(=O)c1ccccc1. The number of ketones is 1. The van der Waals surface area contributed by atoms with Gasteiger partial charge in [-0.15, -0.1) is 0 Å². The summed E-state index contributed by atoms with van der Waals surface area (Å²) in [6.45, 7) is 0. The number of hydrogen-bond acceptors (Lipinski definition) is 3. The van der Waals surface area contributed by atoms with Gasteiger partial charge < -0.3 is 0 Å². The number of carbonyl (C=O) groups is 1. The molecule has 16 heavy (non-hydrogen) atoms. The van der Waals surface area contributed by atoms with E-state index in [1.165, 1.54) is 0 Å². The Morgan fingerprint density at radius 2 is 1.88 bits per heavy atom. The highest BCUT2D eigenvalue weighted by Crippen LogP contribution is 2.12. The van der Waals surface area contributed by atoms with Gasteiger partial charge in [-0.2, -0.15) is 0 Å². The fourth-order valence-electron chi connectivity index (χ4n) is 1.33. The van der Waals surface area contributed by atoms with Gasteiger partial charge in [-0.05, 0) is 6.42 Å². The maximum atomic E-state index is 11.9. The Kier molecular flexibility index (Phi) is 4.64. The number of nitrogens with two attached hydrogens (primary N) is 1. The van der Waals surface area contributed by atoms with Gasteiger partial charge in [0, 0.05) is 10.9 Å². The number of alkyl halides is 1. The van der Waals surface area contributed by atoms with Crippen LogP contribution in [0.4, 0.5) is 0 Å². The predicted molar refractivity (Wildman–Crippen MR) is 66.1 cm³/mol. The molecule has 1 atom stereocenters. The van der Waals surface area contributed by atoms with E-state index in [9.17, 15) is 13.2 Å². The van der Waals surface area contributed by atoms with Crippen LogP contribution in [-0.2, 0) is 10.0 Å². The van der Waals surface area contributed by atoms with Gasteiger partial charge in [0.2, 0.25) is 10.0 Å². The van der Waals surface area contributed by atoms with Gasteiger partial charge in [0.05, 0.1) is 0 Å². The predicted octanol–water partition coefficient (Wildman–Crippen LogP) is 1.31.